The molecule has 2 rings (SSSR count). The summed E-state index contributed by atoms with van der Waals surface area (Å²) in [7, 11) is 0. The van der Waals surface area contributed by atoms with Crippen molar-refractivity contribution in [3.63, 3.8) is 0 Å². The minimum atomic E-state index is -0.532. The zero-order valence-electron chi connectivity index (χ0n) is 9.52. The molecule has 0 bridgehead atoms. The lowest BCUT2D eigenvalue weighted by Gasteiger charge is -2.01. The predicted molar refractivity (Wildman–Crippen MR) is 62.5 cm³/mol. The molecule has 2 heterocycles. The van der Waals surface area contributed by atoms with E-state index in [4.69, 9.17) is 0 Å². The third-order valence-electron chi connectivity index (χ3n) is 2.31. The van der Waals surface area contributed by atoms with E-state index in [1.165, 1.54) is 12.1 Å². The normalized spacial score (nSPS) is 11.5. The van der Waals surface area contributed by atoms with Gasteiger partial charge in [-0.25, -0.2) is 9.98 Å². The SMILES string of the molecule is Cc1cccc(=Nc2ccc([N+](=O)[O-])cn2)n1O. The monoisotopic (exact) mass is 246 g/mol. The molecule has 0 fully saturated rings. The number of aromatic nitrogens is 2. The highest BCUT2D eigenvalue weighted by Gasteiger charge is 2.04. The van der Waals surface area contributed by atoms with Crippen molar-refractivity contribution in [2.45, 2.75) is 6.92 Å². The van der Waals surface area contributed by atoms with Crippen LogP contribution in [-0.4, -0.2) is 19.8 Å². The van der Waals surface area contributed by atoms with Gasteiger partial charge < -0.3 is 5.21 Å². The van der Waals surface area contributed by atoms with Crippen molar-refractivity contribution in [2.75, 3.05) is 0 Å². The summed E-state index contributed by atoms with van der Waals surface area (Å²) in [6, 6.07) is 7.80. The second-order valence-electron chi connectivity index (χ2n) is 3.58. The molecule has 7 heteroatoms. The van der Waals surface area contributed by atoms with Gasteiger partial charge in [-0.2, -0.15) is 4.73 Å². The first-order valence-electron chi connectivity index (χ1n) is 5.11. The molecule has 0 aliphatic heterocycles. The Bertz CT molecular complexity index is 646. The van der Waals surface area contributed by atoms with Crippen LogP contribution >= 0.6 is 0 Å². The fraction of sp³-hybridized carbons (Fsp3) is 0.0909. The van der Waals surface area contributed by atoms with Crippen molar-refractivity contribution in [2.24, 2.45) is 4.99 Å². The molecule has 0 aliphatic rings. The number of nitrogens with zero attached hydrogens (tertiary/aromatic N) is 4. The number of rotatable bonds is 2. The summed E-state index contributed by atoms with van der Waals surface area (Å²) in [6.07, 6.45) is 1.12. The fourth-order valence-electron chi connectivity index (χ4n) is 1.35. The van der Waals surface area contributed by atoms with Crippen molar-refractivity contribution in [3.8, 4) is 0 Å². The Morgan fingerprint density at radius 1 is 1.39 bits per heavy atom. The van der Waals surface area contributed by atoms with Crippen LogP contribution in [0.25, 0.3) is 0 Å². The minimum absolute atomic E-state index is 0.102. The highest BCUT2D eigenvalue weighted by Crippen LogP contribution is 2.13. The molecule has 2 aromatic rings. The molecule has 92 valence electrons. The van der Waals surface area contributed by atoms with E-state index in [0.717, 1.165) is 10.9 Å². The maximum Gasteiger partial charge on any atom is 0.287 e. The molecular weight excluding hydrogens is 236 g/mol. The molecule has 18 heavy (non-hydrogen) atoms. The van der Waals surface area contributed by atoms with E-state index in [0.29, 0.717) is 11.2 Å². The van der Waals surface area contributed by atoms with E-state index >= 15 is 0 Å². The van der Waals surface area contributed by atoms with Crippen LogP contribution in [0.3, 0.4) is 0 Å². The van der Waals surface area contributed by atoms with Gasteiger partial charge in [0.05, 0.1) is 10.6 Å². The molecule has 0 radical (unpaired) electrons. The van der Waals surface area contributed by atoms with Gasteiger partial charge in [-0.1, -0.05) is 6.07 Å². The molecule has 0 aromatic carbocycles. The van der Waals surface area contributed by atoms with Gasteiger partial charge in [0.2, 0.25) is 0 Å². The Morgan fingerprint density at radius 2 is 2.17 bits per heavy atom. The standard InChI is InChI=1S/C11H10N4O3/c1-8-3-2-4-11(14(8)16)13-10-6-5-9(7-12-10)15(17)18/h2-7,16H,1H3. The highest BCUT2D eigenvalue weighted by molar-refractivity contribution is 5.35. The quantitative estimate of drug-likeness (QED) is 0.494. The minimum Gasteiger partial charge on any atom is -0.427 e. The van der Waals surface area contributed by atoms with Gasteiger partial charge in [-0.15, -0.1) is 0 Å². The molecule has 0 amide bonds. The van der Waals surface area contributed by atoms with E-state index < -0.39 is 4.92 Å². The third kappa shape index (κ3) is 2.34. The van der Waals surface area contributed by atoms with E-state index in [2.05, 4.69) is 9.98 Å². The number of nitro groups is 1. The average molecular weight is 246 g/mol. The van der Waals surface area contributed by atoms with Crippen LogP contribution in [0, 0.1) is 17.0 Å². The zero-order valence-corrected chi connectivity index (χ0v) is 9.52. The van der Waals surface area contributed by atoms with Gasteiger partial charge in [-0.3, -0.25) is 10.1 Å². The number of pyridine rings is 2. The fourth-order valence-corrected chi connectivity index (χ4v) is 1.35. The third-order valence-corrected chi connectivity index (χ3v) is 2.31. The highest BCUT2D eigenvalue weighted by atomic mass is 16.6. The van der Waals surface area contributed by atoms with Crippen LogP contribution in [0.4, 0.5) is 11.5 Å². The van der Waals surface area contributed by atoms with Gasteiger partial charge in [0.25, 0.3) is 5.69 Å². The largest absolute Gasteiger partial charge is 0.427 e. The lowest BCUT2D eigenvalue weighted by Crippen LogP contribution is -2.19. The first-order chi connectivity index (χ1) is 8.58. The van der Waals surface area contributed by atoms with Gasteiger partial charge in [-0.05, 0) is 25.1 Å². The molecule has 7 nitrogen and oxygen atoms in total. The molecule has 2 aromatic heterocycles. The predicted octanol–water partition coefficient (Wildman–Crippen LogP) is 1.57. The first-order valence-corrected chi connectivity index (χ1v) is 5.11. The van der Waals surface area contributed by atoms with E-state index in [1.807, 2.05) is 0 Å². The summed E-state index contributed by atoms with van der Waals surface area (Å²) in [5.74, 6) is 0.286. The maximum atomic E-state index is 10.5. The second-order valence-corrected chi connectivity index (χ2v) is 3.58. The maximum absolute atomic E-state index is 10.5. The Labute approximate surface area is 102 Å². The number of hydrogen-bond acceptors (Lipinski definition) is 5. The van der Waals surface area contributed by atoms with Crippen molar-refractivity contribution in [3.05, 3.63) is 57.8 Å². The second kappa shape index (κ2) is 4.66. The molecule has 0 aliphatic carbocycles. The molecule has 0 spiro atoms. The van der Waals surface area contributed by atoms with Crippen LogP contribution in [-0.2, 0) is 0 Å². The van der Waals surface area contributed by atoms with Crippen LogP contribution in [0.1, 0.15) is 5.69 Å². The summed E-state index contributed by atoms with van der Waals surface area (Å²) in [5, 5.41) is 20.1. The molecular formula is C11H10N4O3. The summed E-state index contributed by atoms with van der Waals surface area (Å²) < 4.78 is 0.920. The molecule has 0 saturated heterocycles. The van der Waals surface area contributed by atoms with Crippen LogP contribution in [0.2, 0.25) is 0 Å². The summed E-state index contributed by atoms with van der Waals surface area (Å²) in [6.45, 7) is 1.72. The van der Waals surface area contributed by atoms with Crippen molar-refractivity contribution in [1.29, 1.82) is 0 Å². The Kier molecular flexibility index (Phi) is 3.05. The van der Waals surface area contributed by atoms with Gasteiger partial charge in [0, 0.05) is 6.07 Å². The Balaban J connectivity index is 2.44. The smallest absolute Gasteiger partial charge is 0.287 e. The van der Waals surface area contributed by atoms with Gasteiger partial charge in [0.15, 0.2) is 11.3 Å². The lowest BCUT2D eigenvalue weighted by atomic mass is 10.4. The molecule has 1 N–H and O–H groups in total. The Hall–Kier alpha value is -2.70. The van der Waals surface area contributed by atoms with Crippen molar-refractivity contribution >= 4 is 11.5 Å². The van der Waals surface area contributed by atoms with E-state index in [1.54, 1.807) is 25.1 Å². The lowest BCUT2D eigenvalue weighted by molar-refractivity contribution is -0.385. The van der Waals surface area contributed by atoms with Crippen molar-refractivity contribution < 1.29 is 10.1 Å². The summed E-state index contributed by atoms with van der Waals surface area (Å²) in [4.78, 5) is 17.8. The molecule has 0 unspecified atom stereocenters. The average Bonchev–Trinajstić information content (AvgIpc) is 2.36. The zero-order chi connectivity index (χ0) is 13.1. The van der Waals surface area contributed by atoms with Gasteiger partial charge in [0.1, 0.15) is 6.20 Å². The topological polar surface area (TPSA) is 93.5 Å². The molecule has 0 saturated carbocycles. The van der Waals surface area contributed by atoms with E-state index in [9.17, 15) is 15.3 Å². The van der Waals surface area contributed by atoms with Crippen LogP contribution < -0.4 is 5.49 Å². The summed E-state index contributed by atoms with van der Waals surface area (Å²) >= 11 is 0. The summed E-state index contributed by atoms with van der Waals surface area (Å²) in [5.41, 5.74) is 0.824. The number of aryl methyl sites for hydroxylation is 1. The van der Waals surface area contributed by atoms with E-state index in [-0.39, 0.29) is 11.5 Å². The molecule has 0 atom stereocenters. The van der Waals surface area contributed by atoms with Gasteiger partial charge >= 0.3 is 0 Å². The number of hydrogen-bond donors (Lipinski definition) is 1. The van der Waals surface area contributed by atoms with Crippen LogP contribution in [0.15, 0.2) is 41.5 Å². The van der Waals surface area contributed by atoms with Crippen LogP contribution in [0.5, 0.6) is 0 Å². The first kappa shape index (κ1) is 11.8. The Morgan fingerprint density at radius 3 is 2.78 bits per heavy atom. The van der Waals surface area contributed by atoms with Crippen molar-refractivity contribution in [1.82, 2.24) is 9.71 Å².